The van der Waals surface area contributed by atoms with Gasteiger partial charge in [-0.3, -0.25) is 0 Å². The van der Waals surface area contributed by atoms with Crippen molar-refractivity contribution in [2.45, 2.75) is 76.7 Å². The molecule has 2 atom stereocenters. The molecule has 146 valence electrons. The van der Waals surface area contributed by atoms with Gasteiger partial charge in [0.05, 0.1) is 32.0 Å². The van der Waals surface area contributed by atoms with E-state index in [9.17, 15) is 0 Å². The Balaban J connectivity index is 1.45. The molecular formula is C21H34O4Si. The average Bonchev–Trinajstić information content (AvgIpc) is 3.24. The van der Waals surface area contributed by atoms with Crippen LogP contribution in [-0.4, -0.2) is 40.3 Å². The first-order valence-corrected chi connectivity index (χ1v) is 12.8. The predicted molar refractivity (Wildman–Crippen MR) is 106 cm³/mol. The second kappa shape index (κ2) is 8.11. The van der Waals surface area contributed by atoms with E-state index in [1.807, 2.05) is 0 Å². The van der Waals surface area contributed by atoms with Crippen LogP contribution < -0.4 is 0 Å². The summed E-state index contributed by atoms with van der Waals surface area (Å²) in [6, 6.07) is 8.56. The highest BCUT2D eigenvalue weighted by Gasteiger charge is 2.38. The van der Waals surface area contributed by atoms with E-state index in [1.54, 1.807) is 0 Å². The summed E-state index contributed by atoms with van der Waals surface area (Å²) >= 11 is 0. The van der Waals surface area contributed by atoms with E-state index in [4.69, 9.17) is 18.6 Å². The summed E-state index contributed by atoms with van der Waals surface area (Å²) in [6.07, 6.45) is 3.53. The molecule has 5 heteroatoms. The van der Waals surface area contributed by atoms with Crippen molar-refractivity contribution >= 4 is 8.32 Å². The molecule has 0 radical (unpaired) electrons. The first-order chi connectivity index (χ1) is 12.2. The third-order valence-corrected chi connectivity index (χ3v) is 10.5. The van der Waals surface area contributed by atoms with Gasteiger partial charge < -0.3 is 18.6 Å². The normalized spacial score (nSPS) is 25.1. The molecule has 0 amide bonds. The van der Waals surface area contributed by atoms with Crippen LogP contribution in [0, 0.1) is 0 Å². The summed E-state index contributed by atoms with van der Waals surface area (Å²) in [7, 11) is -1.69. The van der Waals surface area contributed by atoms with Crippen molar-refractivity contribution in [2.24, 2.45) is 0 Å². The molecule has 0 spiro atoms. The van der Waals surface area contributed by atoms with Gasteiger partial charge in [-0.15, -0.1) is 0 Å². The monoisotopic (exact) mass is 378 g/mol. The first kappa shape index (κ1) is 20.0. The summed E-state index contributed by atoms with van der Waals surface area (Å²) in [5.41, 5.74) is 2.40. The van der Waals surface area contributed by atoms with Gasteiger partial charge in [0.1, 0.15) is 0 Å². The van der Waals surface area contributed by atoms with Gasteiger partial charge in [-0.2, -0.15) is 0 Å². The van der Waals surface area contributed by atoms with Crippen LogP contribution in [0.25, 0.3) is 0 Å². The van der Waals surface area contributed by atoms with Crippen molar-refractivity contribution < 1.29 is 18.6 Å². The Morgan fingerprint density at radius 1 is 1.00 bits per heavy atom. The van der Waals surface area contributed by atoms with Crippen molar-refractivity contribution in [2.75, 3.05) is 19.8 Å². The lowest BCUT2D eigenvalue weighted by atomic mass is 10.0. The molecule has 1 aromatic carbocycles. The van der Waals surface area contributed by atoms with Gasteiger partial charge >= 0.3 is 0 Å². The first-order valence-electron chi connectivity index (χ1n) is 9.86. The molecule has 26 heavy (non-hydrogen) atoms. The Bertz CT molecular complexity index is 573. The molecule has 3 rings (SSSR count). The summed E-state index contributed by atoms with van der Waals surface area (Å²) in [4.78, 5) is 0. The quantitative estimate of drug-likeness (QED) is 0.664. The fraction of sp³-hybridized carbons (Fsp3) is 0.714. The van der Waals surface area contributed by atoms with Gasteiger partial charge in [0, 0.05) is 5.56 Å². The molecule has 0 bridgehead atoms. The van der Waals surface area contributed by atoms with E-state index in [2.05, 4.69) is 58.1 Å². The zero-order valence-corrected chi connectivity index (χ0v) is 17.9. The molecule has 2 aliphatic rings. The summed E-state index contributed by atoms with van der Waals surface area (Å²) in [5.74, 6) is 0. The molecule has 0 N–H and O–H groups in total. The van der Waals surface area contributed by atoms with E-state index >= 15 is 0 Å². The Morgan fingerprint density at radius 2 is 1.62 bits per heavy atom. The lowest BCUT2D eigenvalue weighted by molar-refractivity contribution is -0.0441. The Kier molecular flexibility index (Phi) is 6.24. The van der Waals surface area contributed by atoms with Crippen molar-refractivity contribution in [3.8, 4) is 0 Å². The second-order valence-electron chi connectivity index (χ2n) is 9.05. The summed E-state index contributed by atoms with van der Waals surface area (Å²) < 4.78 is 23.7. The fourth-order valence-electron chi connectivity index (χ4n) is 3.20. The van der Waals surface area contributed by atoms with E-state index in [-0.39, 0.29) is 17.4 Å². The minimum Gasteiger partial charge on any atom is -0.414 e. The van der Waals surface area contributed by atoms with Crippen LogP contribution in [0.4, 0.5) is 0 Å². The molecule has 0 saturated carbocycles. The third kappa shape index (κ3) is 4.96. The number of benzene rings is 1. The van der Waals surface area contributed by atoms with Gasteiger partial charge in [0.15, 0.2) is 14.6 Å². The largest absolute Gasteiger partial charge is 0.414 e. The molecule has 1 aromatic rings. The van der Waals surface area contributed by atoms with Crippen LogP contribution in [0.15, 0.2) is 24.3 Å². The zero-order valence-electron chi connectivity index (χ0n) is 16.9. The minimum atomic E-state index is -1.69. The maximum Gasteiger partial charge on any atom is 0.192 e. The standard InChI is InChI=1S/C21H34O4Si/c1-21(2,3)26(4,5)24-15-19-11-10-18(25-19)14-16-6-8-17(9-7-16)20-22-12-13-23-20/h6-9,18-20H,10-15H2,1-5H3/t18-,19-/m1/s1. The molecule has 0 aromatic heterocycles. The van der Waals surface area contributed by atoms with Crippen molar-refractivity contribution in [1.82, 2.24) is 0 Å². The molecule has 0 unspecified atom stereocenters. The molecule has 0 aliphatic carbocycles. The third-order valence-electron chi connectivity index (χ3n) is 5.97. The van der Waals surface area contributed by atoms with Crippen LogP contribution in [0.5, 0.6) is 0 Å². The highest BCUT2D eigenvalue weighted by atomic mass is 28.4. The molecule has 2 fully saturated rings. The Morgan fingerprint density at radius 3 is 2.23 bits per heavy atom. The molecule has 2 saturated heterocycles. The zero-order chi connectivity index (χ0) is 18.8. The maximum atomic E-state index is 6.34. The Labute approximate surface area is 159 Å². The van der Waals surface area contributed by atoms with Gasteiger partial charge in [-0.25, -0.2) is 0 Å². The Hall–Kier alpha value is -0.723. The minimum absolute atomic E-state index is 0.191. The topological polar surface area (TPSA) is 36.9 Å². The summed E-state index contributed by atoms with van der Waals surface area (Å²) in [6.45, 7) is 13.6. The van der Waals surface area contributed by atoms with E-state index in [0.29, 0.717) is 19.3 Å². The van der Waals surface area contributed by atoms with Gasteiger partial charge in [0.2, 0.25) is 0 Å². The van der Waals surface area contributed by atoms with E-state index in [1.165, 1.54) is 5.56 Å². The number of rotatable bonds is 6. The van der Waals surface area contributed by atoms with Crippen LogP contribution in [0.2, 0.25) is 18.1 Å². The van der Waals surface area contributed by atoms with E-state index < -0.39 is 8.32 Å². The highest BCUT2D eigenvalue weighted by Crippen LogP contribution is 2.37. The van der Waals surface area contributed by atoms with Gasteiger partial charge in [0.25, 0.3) is 0 Å². The van der Waals surface area contributed by atoms with Crippen molar-refractivity contribution in [1.29, 1.82) is 0 Å². The molecule has 2 heterocycles. The summed E-state index contributed by atoms with van der Waals surface area (Å²) in [5, 5.41) is 0.250. The number of ether oxygens (including phenoxy) is 3. The van der Waals surface area contributed by atoms with Crippen LogP contribution >= 0.6 is 0 Å². The highest BCUT2D eigenvalue weighted by molar-refractivity contribution is 6.74. The second-order valence-corrected chi connectivity index (χ2v) is 13.9. The number of hydrogen-bond donors (Lipinski definition) is 0. The van der Waals surface area contributed by atoms with Gasteiger partial charge in [-0.1, -0.05) is 45.0 Å². The van der Waals surface area contributed by atoms with Crippen LogP contribution in [-0.2, 0) is 25.1 Å². The van der Waals surface area contributed by atoms with Crippen molar-refractivity contribution in [3.63, 3.8) is 0 Å². The molecular weight excluding hydrogens is 344 g/mol. The lowest BCUT2D eigenvalue weighted by Gasteiger charge is -2.36. The van der Waals surface area contributed by atoms with E-state index in [0.717, 1.165) is 31.4 Å². The average molecular weight is 379 g/mol. The molecule has 4 nitrogen and oxygen atoms in total. The van der Waals surface area contributed by atoms with Crippen LogP contribution in [0.1, 0.15) is 51.0 Å². The van der Waals surface area contributed by atoms with Crippen LogP contribution in [0.3, 0.4) is 0 Å². The lowest BCUT2D eigenvalue weighted by Crippen LogP contribution is -2.42. The smallest absolute Gasteiger partial charge is 0.192 e. The SMILES string of the molecule is CC(C)(C)[Si](C)(C)OC[C@H]1CC[C@H](Cc2ccc(C3OCCO3)cc2)O1. The van der Waals surface area contributed by atoms with Gasteiger partial charge in [-0.05, 0) is 43.0 Å². The fourth-order valence-corrected chi connectivity index (χ4v) is 4.23. The van der Waals surface area contributed by atoms with Crippen molar-refractivity contribution in [3.05, 3.63) is 35.4 Å². The predicted octanol–water partition coefficient (Wildman–Crippen LogP) is 4.84. The maximum absolute atomic E-state index is 6.34. The molecule has 2 aliphatic heterocycles. The number of hydrogen-bond acceptors (Lipinski definition) is 4.